The first-order chi connectivity index (χ1) is 57.5. The molecule has 45 nitrogen and oxygen atoms in total. The molecule has 3 aromatic carbocycles. The molecule has 0 aromatic heterocycles. The van der Waals surface area contributed by atoms with Crippen molar-refractivity contribution in [3.8, 4) is 11.5 Å². The van der Waals surface area contributed by atoms with Gasteiger partial charge < -0.3 is 199 Å². The van der Waals surface area contributed by atoms with Gasteiger partial charge in [-0.25, -0.2) is 19.6 Å². The normalized spacial score (nSPS) is 37.0. The van der Waals surface area contributed by atoms with Crippen LogP contribution < -0.4 is 14.5 Å². The minimum Gasteiger partial charge on any atom is -0.478 e. The highest BCUT2D eigenvalue weighted by Crippen LogP contribution is 2.49. The minimum atomic E-state index is -2.38. The third-order valence-electron chi connectivity index (χ3n) is 21.6. The summed E-state index contributed by atoms with van der Waals surface area (Å²) in [6.45, 7) is -8.94. The zero-order valence-electron chi connectivity index (χ0n) is 64.9. The van der Waals surface area contributed by atoms with E-state index in [9.17, 15) is 137 Å². The third-order valence-corrected chi connectivity index (χ3v) is 21.9. The molecule has 0 unspecified atom stereocenters. The Morgan fingerprint density at radius 2 is 0.826 bits per heavy atom. The molecule has 6 fully saturated rings. The number of aliphatic hydroxyl groups is 23. The summed E-state index contributed by atoms with van der Waals surface area (Å²) in [6, 6.07) is 16.2. The van der Waals surface area contributed by atoms with Gasteiger partial charge in [-0.1, -0.05) is 18.2 Å². The number of carbonyl (C=O) groups is 2. The molecule has 0 spiro atoms. The van der Waals surface area contributed by atoms with Crippen LogP contribution in [0.5, 0.6) is 11.5 Å². The lowest BCUT2D eigenvalue weighted by atomic mass is 9.84. The lowest BCUT2D eigenvalue weighted by molar-refractivity contribution is -0.397. The quantitative estimate of drug-likeness (QED) is 0.0164. The minimum absolute atomic E-state index is 0.0696. The lowest BCUT2D eigenvalue weighted by Crippen LogP contribution is -2.68. The fraction of sp³-hybridized carbons (Fsp3) is 0.627. The van der Waals surface area contributed by atoms with E-state index in [2.05, 4.69) is 4.99 Å². The number of fused-ring (bicyclic) bond motifs is 2. The molecule has 11 rings (SSSR count). The van der Waals surface area contributed by atoms with Gasteiger partial charge in [-0.15, -0.1) is 0 Å². The van der Waals surface area contributed by atoms with Crippen molar-refractivity contribution in [2.45, 2.75) is 215 Å². The number of nitrogens with zero attached hydrogens (tertiary/aromatic N) is 4. The monoisotopic (exact) mass is 1750 g/mol. The average Bonchev–Trinajstić information content (AvgIpc) is 0.582. The second-order valence-corrected chi connectivity index (χ2v) is 30.4. The number of allylic oxidation sites excluding steroid dienone is 3. The van der Waals surface area contributed by atoms with Gasteiger partial charge in [-0.05, 0) is 71.9 Å². The Morgan fingerprint density at radius 3 is 1.19 bits per heavy atom. The standard InChI is InChI=1S/C75H102N4O41S/c1-77(2)30-10-13-33-38(16-30)108-39-17-31(78(3)4)11-14-34(39)46(33)32-12-9-29(15-35(32)68(105)106)76-75(121)79(107-26-27-5-7-28(8-6-27)67(103)104)18-36(87)47(89)61(37(88)19-80)115-70-56(98)50(92)63(41(21-82)110-70)117-72-58(100)52(94)65(43(23-84)112-72)119-74-60(102)54(96)66(45(25-86)114-74)120-73-59(101)53(95)64(44(24-85)113-73)118-71-57(99)51(93)62(42(22-83)111-71)116-69-55(97)49(91)48(90)40(20-81)109-69/h5-17,36-37,40-45,47-66,69-74,80-102H,18-26H2,1-4H3,(H,103,104)(H,105,106)/b76-29-/t36-,37+,40+,41+,42+,43+,44+,45+,47+,48+,49-,50+,51+,52+,53+,54+,55+,56+,57+,58+,59+,60+,61+,62+,63+,64+,65+,66+,69+,70+,71+,72+,73+,74+/m0/s1. The number of aliphatic carboxylic acids is 1. The highest BCUT2D eigenvalue weighted by atomic mass is 32.1. The van der Waals surface area contributed by atoms with Crippen molar-refractivity contribution in [3.05, 3.63) is 112 Å². The zero-order chi connectivity index (χ0) is 88.2. The number of rotatable bonds is 31. The number of anilines is 2. The van der Waals surface area contributed by atoms with Gasteiger partial charge in [0, 0.05) is 68.4 Å². The van der Waals surface area contributed by atoms with E-state index in [1.807, 2.05) is 62.3 Å². The molecule has 0 bridgehead atoms. The van der Waals surface area contributed by atoms with Gasteiger partial charge in [0.05, 0.1) is 69.6 Å². The van der Waals surface area contributed by atoms with E-state index >= 15 is 0 Å². The number of aliphatic hydroxyl groups excluding tert-OH is 23. The van der Waals surface area contributed by atoms with Crippen molar-refractivity contribution < 1.29 is 204 Å². The summed E-state index contributed by atoms with van der Waals surface area (Å²) in [4.78, 5) is 39.3. The van der Waals surface area contributed by atoms with E-state index < -0.39 is 285 Å². The Morgan fingerprint density at radius 1 is 0.455 bits per heavy atom. The zero-order valence-corrected chi connectivity index (χ0v) is 65.7. The molecular formula is C75H102N4O41S. The van der Waals surface area contributed by atoms with Crippen LogP contribution in [-0.2, 0) is 73.1 Å². The van der Waals surface area contributed by atoms with Gasteiger partial charge in [-0.3, -0.25) is 4.84 Å². The maximum Gasteiger partial charge on any atom is 0.336 e. The fourth-order valence-corrected chi connectivity index (χ4v) is 15.0. The highest BCUT2D eigenvalue weighted by Gasteiger charge is 2.59. The molecule has 674 valence electrons. The van der Waals surface area contributed by atoms with Crippen LogP contribution in [0.3, 0.4) is 0 Å². The van der Waals surface area contributed by atoms with Crippen molar-refractivity contribution >= 4 is 51.9 Å². The summed E-state index contributed by atoms with van der Waals surface area (Å²) in [7, 11) is 7.39. The molecule has 46 heteroatoms. The number of hydrogen-bond donors (Lipinski definition) is 25. The number of ether oxygens (including phenoxy) is 13. The van der Waals surface area contributed by atoms with Crippen LogP contribution in [0.25, 0.3) is 5.57 Å². The number of hydrogen-bond acceptors (Lipinski definition) is 42. The van der Waals surface area contributed by atoms with Gasteiger partial charge in [0.25, 0.3) is 0 Å². The van der Waals surface area contributed by atoms with Crippen molar-refractivity contribution in [2.75, 3.05) is 90.8 Å². The maximum absolute atomic E-state index is 13.4. The molecule has 0 saturated carbocycles. The van der Waals surface area contributed by atoms with E-state index in [-0.39, 0.29) is 22.4 Å². The van der Waals surface area contributed by atoms with Crippen LogP contribution in [0.1, 0.15) is 27.0 Å². The second-order valence-electron chi connectivity index (χ2n) is 30.0. The molecule has 25 N–H and O–H groups in total. The average molecular weight is 1750 g/mol. The summed E-state index contributed by atoms with van der Waals surface area (Å²) in [5, 5.41) is 273. The Kier molecular flexibility index (Phi) is 32.3. The summed E-state index contributed by atoms with van der Waals surface area (Å²) in [5.74, 6) is -1.76. The summed E-state index contributed by atoms with van der Waals surface area (Å²) in [5.41, 5.74) is 3.37. The van der Waals surface area contributed by atoms with Crippen molar-refractivity contribution in [3.63, 3.8) is 0 Å². The first-order valence-electron chi connectivity index (χ1n) is 38.1. The number of hydroxylamine groups is 2. The molecule has 1 aliphatic carbocycles. The number of aromatic carboxylic acids is 1. The predicted molar refractivity (Wildman–Crippen MR) is 404 cm³/mol. The van der Waals surface area contributed by atoms with Crippen LogP contribution >= 0.6 is 12.2 Å². The SMILES string of the molecule is CN(C)c1ccc2c(c1)Oc1cc(N(C)C)ccc1C2=C1C=C/C(=N/C(=S)N(C[C@H](O)[C@@H](O)[C@H](O[C@H]2O[C@H](CO)[C@@H](O[C@H]3O[C@H](CO)[C@@H](O[C@H]4O[C@H](CO)[C@@H](O[C@H]5O[C@H](CO)[C@@H](O[C@H]6O[C@H](CO)[C@@H](O[C@H]7O[C@H](CO)[C@@H](O)[C@H](O)[C@H]7O)[C@H](O)[C@H]6O)[C@H](O)[C@H]5O)[C@H](O)[C@H]4O)[C@H](O)[C@H]3O)[C@H](O)[C@H]2O)[C@H](O)CO)OCc2ccc(C(=O)O)cc2)C=C1C(=O)O. The van der Waals surface area contributed by atoms with E-state index in [4.69, 9.17) is 78.6 Å². The Hall–Kier alpha value is -6.66. The van der Waals surface area contributed by atoms with Crippen LogP contribution in [0.4, 0.5) is 11.4 Å². The number of carboxylic acid groups (broad SMARTS) is 2. The van der Waals surface area contributed by atoms with Crippen LogP contribution in [0, 0.1) is 0 Å². The van der Waals surface area contributed by atoms with E-state index in [0.29, 0.717) is 33.8 Å². The maximum atomic E-state index is 13.4. The van der Waals surface area contributed by atoms with Gasteiger partial charge in [0.15, 0.2) is 37.7 Å². The molecule has 7 heterocycles. The van der Waals surface area contributed by atoms with Crippen molar-refractivity contribution in [2.24, 2.45) is 4.99 Å². The van der Waals surface area contributed by atoms with Gasteiger partial charge in [0.2, 0.25) is 5.11 Å². The number of benzene rings is 3. The second kappa shape index (κ2) is 41.2. The van der Waals surface area contributed by atoms with Crippen LogP contribution in [0.2, 0.25) is 0 Å². The molecule has 34 atom stereocenters. The summed E-state index contributed by atoms with van der Waals surface area (Å²) >= 11 is 5.73. The predicted octanol–water partition coefficient (Wildman–Crippen LogP) is -10.5. The largest absolute Gasteiger partial charge is 0.478 e. The third kappa shape index (κ3) is 20.6. The van der Waals surface area contributed by atoms with Gasteiger partial charge in [0.1, 0.15) is 189 Å². The smallest absolute Gasteiger partial charge is 0.336 e. The molecule has 7 aliphatic heterocycles. The Balaban J connectivity index is 0.725. The number of aliphatic imine (C=N–C) groups is 1. The van der Waals surface area contributed by atoms with Gasteiger partial charge in [-0.2, -0.15) is 0 Å². The topological polar surface area (TPSA) is 691 Å². The van der Waals surface area contributed by atoms with Gasteiger partial charge >= 0.3 is 11.9 Å². The summed E-state index contributed by atoms with van der Waals surface area (Å²) in [6.07, 6.45) is -65.9. The number of thiocarbonyl (C=S) groups is 1. The molecule has 6 saturated heterocycles. The molecule has 121 heavy (non-hydrogen) atoms. The Labute approximate surface area is 692 Å². The van der Waals surface area contributed by atoms with Crippen LogP contribution in [-0.4, -0.2) is 445 Å². The molecule has 3 aromatic rings. The van der Waals surface area contributed by atoms with Crippen LogP contribution in [0.15, 0.2) is 95.0 Å². The summed E-state index contributed by atoms with van der Waals surface area (Å²) < 4.78 is 74.6. The van der Waals surface area contributed by atoms with E-state index in [0.717, 1.165) is 16.4 Å². The first-order valence-corrected chi connectivity index (χ1v) is 38.5. The number of carboxylic acids is 2. The van der Waals surface area contributed by atoms with E-state index in [1.165, 1.54) is 42.5 Å². The lowest BCUT2D eigenvalue weighted by Gasteiger charge is -2.50. The Bertz CT molecular complexity index is 4040. The van der Waals surface area contributed by atoms with Crippen molar-refractivity contribution in [1.82, 2.24) is 5.06 Å². The molecule has 0 radical (unpaired) electrons. The first kappa shape index (κ1) is 95.0. The fourth-order valence-electron chi connectivity index (χ4n) is 14.7. The molecular weight excluding hydrogens is 1640 g/mol. The van der Waals surface area contributed by atoms with E-state index in [1.54, 1.807) is 12.1 Å². The highest BCUT2D eigenvalue weighted by molar-refractivity contribution is 7.80. The van der Waals surface area contributed by atoms with Crippen molar-refractivity contribution in [1.29, 1.82) is 0 Å². The molecule has 8 aliphatic rings. The molecule has 0 amide bonds.